The van der Waals surface area contributed by atoms with Crippen LogP contribution in [0.3, 0.4) is 0 Å². The number of halogens is 1. The predicted octanol–water partition coefficient (Wildman–Crippen LogP) is 4.00. The minimum atomic E-state index is -3.76. The monoisotopic (exact) mass is 507 g/mol. The van der Waals surface area contributed by atoms with Crippen molar-refractivity contribution in [1.29, 1.82) is 0 Å². The SMILES string of the molecule is CCc1ccccc1N(CC(=O)N(Cc1cccc(Cl)c1)[C@H](C)C(=O)N[C@H](C)CC)S(C)(=O)=O. The van der Waals surface area contributed by atoms with E-state index in [1.807, 2.05) is 39.0 Å². The van der Waals surface area contributed by atoms with Crippen LogP contribution in [0, 0.1) is 0 Å². The van der Waals surface area contributed by atoms with Crippen molar-refractivity contribution in [3.05, 3.63) is 64.7 Å². The number of amides is 2. The zero-order chi connectivity index (χ0) is 25.5. The van der Waals surface area contributed by atoms with E-state index in [2.05, 4.69) is 5.32 Å². The molecule has 0 fully saturated rings. The minimum absolute atomic E-state index is 0.0537. The number of rotatable bonds is 11. The first-order valence-electron chi connectivity index (χ1n) is 11.4. The largest absolute Gasteiger partial charge is 0.352 e. The molecule has 2 aromatic rings. The summed E-state index contributed by atoms with van der Waals surface area (Å²) in [4.78, 5) is 27.9. The third-order valence-electron chi connectivity index (χ3n) is 5.73. The average Bonchev–Trinajstić information content (AvgIpc) is 2.79. The Labute approximate surface area is 208 Å². The molecule has 0 aliphatic carbocycles. The number of anilines is 1. The molecule has 2 amide bonds. The molecule has 0 saturated heterocycles. The van der Waals surface area contributed by atoms with E-state index in [1.165, 1.54) is 4.90 Å². The molecule has 34 heavy (non-hydrogen) atoms. The summed E-state index contributed by atoms with van der Waals surface area (Å²) in [6.07, 6.45) is 2.43. The van der Waals surface area contributed by atoms with Crippen molar-refractivity contribution in [2.75, 3.05) is 17.1 Å². The summed E-state index contributed by atoms with van der Waals surface area (Å²) in [6.45, 7) is 7.11. The van der Waals surface area contributed by atoms with Crippen LogP contribution >= 0.6 is 11.6 Å². The van der Waals surface area contributed by atoms with Crippen LogP contribution < -0.4 is 9.62 Å². The maximum Gasteiger partial charge on any atom is 0.244 e. The number of aryl methyl sites for hydroxylation is 1. The number of hydrogen-bond donors (Lipinski definition) is 1. The standard InChI is InChI=1S/C25H34ClN3O4S/c1-6-18(3)27-25(31)19(4)28(16-20-11-10-13-22(26)15-20)24(30)17-29(34(5,32)33)23-14-9-8-12-21(23)7-2/h8-15,18-19H,6-7,16-17H2,1-5H3,(H,27,31)/t18-,19-/m1/s1. The van der Waals surface area contributed by atoms with Gasteiger partial charge in [0.15, 0.2) is 0 Å². The van der Waals surface area contributed by atoms with Gasteiger partial charge in [0.1, 0.15) is 12.6 Å². The molecule has 0 spiro atoms. The Morgan fingerprint density at radius 2 is 1.74 bits per heavy atom. The lowest BCUT2D eigenvalue weighted by Crippen LogP contribution is -2.52. The first kappa shape index (κ1) is 27.7. The van der Waals surface area contributed by atoms with E-state index in [0.29, 0.717) is 17.1 Å². The minimum Gasteiger partial charge on any atom is -0.352 e. The molecule has 2 aromatic carbocycles. The van der Waals surface area contributed by atoms with Gasteiger partial charge in [0.25, 0.3) is 0 Å². The molecule has 186 valence electrons. The van der Waals surface area contributed by atoms with Gasteiger partial charge in [-0.25, -0.2) is 8.42 Å². The summed E-state index contributed by atoms with van der Waals surface area (Å²) in [6, 6.07) is 13.3. The molecule has 2 atom stereocenters. The van der Waals surface area contributed by atoms with Gasteiger partial charge in [-0.15, -0.1) is 0 Å². The van der Waals surface area contributed by atoms with Gasteiger partial charge >= 0.3 is 0 Å². The van der Waals surface area contributed by atoms with Crippen molar-refractivity contribution in [2.45, 2.75) is 59.2 Å². The number of carbonyl (C=O) groups excluding carboxylic acids is 2. The smallest absolute Gasteiger partial charge is 0.244 e. The number of hydrogen-bond acceptors (Lipinski definition) is 4. The average molecular weight is 508 g/mol. The molecule has 7 nitrogen and oxygen atoms in total. The molecule has 0 heterocycles. The molecule has 0 aliphatic rings. The molecule has 0 unspecified atom stereocenters. The van der Waals surface area contributed by atoms with Gasteiger partial charge in [0, 0.05) is 17.6 Å². The van der Waals surface area contributed by atoms with Crippen LogP contribution in [0.5, 0.6) is 0 Å². The van der Waals surface area contributed by atoms with Crippen LogP contribution in [0.1, 0.15) is 45.2 Å². The van der Waals surface area contributed by atoms with E-state index in [1.54, 1.807) is 37.3 Å². The molecule has 0 aromatic heterocycles. The highest BCUT2D eigenvalue weighted by Crippen LogP contribution is 2.24. The molecule has 0 bridgehead atoms. The quantitative estimate of drug-likeness (QED) is 0.498. The van der Waals surface area contributed by atoms with E-state index >= 15 is 0 Å². The molecule has 0 radical (unpaired) electrons. The number of nitrogens with one attached hydrogen (secondary N) is 1. The second-order valence-electron chi connectivity index (χ2n) is 8.40. The first-order chi connectivity index (χ1) is 16.0. The summed E-state index contributed by atoms with van der Waals surface area (Å²) in [5.41, 5.74) is 2.01. The normalized spacial score (nSPS) is 13.1. The highest BCUT2D eigenvalue weighted by atomic mass is 35.5. The van der Waals surface area contributed by atoms with Crippen LogP contribution in [0.15, 0.2) is 48.5 Å². The summed E-state index contributed by atoms with van der Waals surface area (Å²) in [7, 11) is -3.76. The van der Waals surface area contributed by atoms with Gasteiger partial charge in [-0.2, -0.15) is 0 Å². The van der Waals surface area contributed by atoms with E-state index in [9.17, 15) is 18.0 Å². The number of nitrogens with zero attached hydrogens (tertiary/aromatic N) is 2. The van der Waals surface area contributed by atoms with Gasteiger partial charge in [-0.1, -0.05) is 55.8 Å². The van der Waals surface area contributed by atoms with Gasteiger partial charge in [0.2, 0.25) is 21.8 Å². The molecule has 0 aliphatic heterocycles. The van der Waals surface area contributed by atoms with Crippen molar-refractivity contribution in [3.63, 3.8) is 0 Å². The van der Waals surface area contributed by atoms with Crippen LogP contribution in [0.25, 0.3) is 0 Å². The fourth-order valence-electron chi connectivity index (χ4n) is 3.53. The topological polar surface area (TPSA) is 86.8 Å². The Balaban J connectivity index is 2.42. The number of sulfonamides is 1. The van der Waals surface area contributed by atoms with Crippen molar-refractivity contribution >= 4 is 39.1 Å². The van der Waals surface area contributed by atoms with Gasteiger partial charge < -0.3 is 10.2 Å². The number of carbonyl (C=O) groups is 2. The highest BCUT2D eigenvalue weighted by molar-refractivity contribution is 7.92. The van der Waals surface area contributed by atoms with Gasteiger partial charge in [0.05, 0.1) is 11.9 Å². The van der Waals surface area contributed by atoms with Crippen LogP contribution in [-0.4, -0.2) is 50.0 Å². The summed E-state index contributed by atoms with van der Waals surface area (Å²) < 4.78 is 26.5. The van der Waals surface area contributed by atoms with Gasteiger partial charge in [-0.3, -0.25) is 13.9 Å². The lowest BCUT2D eigenvalue weighted by molar-refractivity contribution is -0.139. The van der Waals surface area contributed by atoms with Crippen LogP contribution in [0.4, 0.5) is 5.69 Å². The zero-order valence-electron chi connectivity index (χ0n) is 20.4. The second-order valence-corrected chi connectivity index (χ2v) is 10.7. The Morgan fingerprint density at radius 1 is 1.06 bits per heavy atom. The Kier molecular flexibility index (Phi) is 9.94. The maximum absolute atomic E-state index is 13.6. The first-order valence-corrected chi connectivity index (χ1v) is 13.6. The van der Waals surface area contributed by atoms with Crippen molar-refractivity contribution in [2.24, 2.45) is 0 Å². The highest BCUT2D eigenvalue weighted by Gasteiger charge is 2.31. The van der Waals surface area contributed by atoms with E-state index < -0.39 is 28.5 Å². The fraction of sp³-hybridized carbons (Fsp3) is 0.440. The van der Waals surface area contributed by atoms with Crippen molar-refractivity contribution in [1.82, 2.24) is 10.2 Å². The van der Waals surface area contributed by atoms with Crippen LogP contribution in [-0.2, 0) is 32.6 Å². The van der Waals surface area contributed by atoms with Crippen molar-refractivity contribution in [3.8, 4) is 0 Å². The maximum atomic E-state index is 13.6. The van der Waals surface area contributed by atoms with E-state index in [4.69, 9.17) is 11.6 Å². The Morgan fingerprint density at radius 3 is 2.32 bits per heavy atom. The molecular weight excluding hydrogens is 474 g/mol. The summed E-state index contributed by atoms with van der Waals surface area (Å²) >= 11 is 6.12. The second kappa shape index (κ2) is 12.2. The summed E-state index contributed by atoms with van der Waals surface area (Å²) in [5, 5.41) is 3.41. The van der Waals surface area contributed by atoms with E-state index in [-0.39, 0.29) is 18.5 Å². The zero-order valence-corrected chi connectivity index (χ0v) is 22.0. The summed E-state index contributed by atoms with van der Waals surface area (Å²) in [5.74, 6) is -0.785. The van der Waals surface area contributed by atoms with Crippen LogP contribution in [0.2, 0.25) is 5.02 Å². The molecule has 0 saturated carbocycles. The molecule has 9 heteroatoms. The number of benzene rings is 2. The van der Waals surface area contributed by atoms with Crippen molar-refractivity contribution < 1.29 is 18.0 Å². The molecule has 1 N–H and O–H groups in total. The Bertz CT molecular complexity index is 1110. The molecular formula is C25H34ClN3O4S. The lowest BCUT2D eigenvalue weighted by atomic mass is 10.1. The number of para-hydroxylation sites is 1. The predicted molar refractivity (Wildman–Crippen MR) is 137 cm³/mol. The molecule has 2 rings (SSSR count). The third kappa shape index (κ3) is 7.46. The Hall–Kier alpha value is -2.58. The lowest BCUT2D eigenvalue weighted by Gasteiger charge is -2.32. The fourth-order valence-corrected chi connectivity index (χ4v) is 4.62. The van der Waals surface area contributed by atoms with Gasteiger partial charge in [-0.05, 0) is 56.0 Å². The third-order valence-corrected chi connectivity index (χ3v) is 7.09. The van der Waals surface area contributed by atoms with E-state index in [0.717, 1.165) is 28.1 Å².